The number of benzene rings is 1. The van der Waals surface area contributed by atoms with Crippen LogP contribution in [-0.2, 0) is 4.79 Å². The summed E-state index contributed by atoms with van der Waals surface area (Å²) in [6, 6.07) is 13.8. The summed E-state index contributed by atoms with van der Waals surface area (Å²) in [6.45, 7) is 3.66. The molecule has 7 nitrogen and oxygen atoms in total. The molecule has 0 spiro atoms. The average Bonchev–Trinajstić information content (AvgIpc) is 3.29. The molecule has 0 unspecified atom stereocenters. The van der Waals surface area contributed by atoms with Crippen molar-refractivity contribution < 1.29 is 9.53 Å². The lowest BCUT2D eigenvalue weighted by atomic mass is 9.98. The Hall–Kier alpha value is -3.58. The smallest absolute Gasteiger partial charge is 0.314 e. The van der Waals surface area contributed by atoms with Crippen molar-refractivity contribution in [3.63, 3.8) is 0 Å². The van der Waals surface area contributed by atoms with E-state index in [1.54, 1.807) is 12.4 Å². The number of aromatic nitrogens is 4. The van der Waals surface area contributed by atoms with Gasteiger partial charge in [-0.15, -0.1) is 0 Å². The van der Waals surface area contributed by atoms with Gasteiger partial charge in [-0.2, -0.15) is 5.10 Å². The molecule has 1 saturated heterocycles. The molecule has 0 atom stereocenters. The van der Waals surface area contributed by atoms with Gasteiger partial charge in [-0.25, -0.2) is 0 Å². The van der Waals surface area contributed by atoms with Gasteiger partial charge in [0.2, 0.25) is 0 Å². The first-order valence-corrected chi connectivity index (χ1v) is 10.5. The number of nitrogens with zero attached hydrogens (tertiary/aromatic N) is 3. The highest BCUT2D eigenvalue weighted by atomic mass is 16.5. The van der Waals surface area contributed by atoms with Gasteiger partial charge in [0, 0.05) is 16.6 Å². The summed E-state index contributed by atoms with van der Waals surface area (Å²) in [5.41, 5.74) is 5.44. The van der Waals surface area contributed by atoms with Crippen molar-refractivity contribution in [1.29, 1.82) is 0 Å². The Morgan fingerprint density at radius 2 is 1.97 bits per heavy atom. The van der Waals surface area contributed by atoms with E-state index in [2.05, 4.69) is 25.5 Å². The Morgan fingerprint density at radius 1 is 1.10 bits per heavy atom. The van der Waals surface area contributed by atoms with Gasteiger partial charge in [-0.05, 0) is 68.8 Å². The molecular formula is C24H23N5O2. The van der Waals surface area contributed by atoms with E-state index >= 15 is 0 Å². The molecule has 3 aromatic heterocycles. The van der Waals surface area contributed by atoms with E-state index in [4.69, 9.17) is 4.74 Å². The largest absolute Gasteiger partial charge is 0.425 e. The predicted octanol–water partition coefficient (Wildman–Crippen LogP) is 3.90. The van der Waals surface area contributed by atoms with E-state index in [0.29, 0.717) is 5.75 Å². The van der Waals surface area contributed by atoms with Crippen LogP contribution in [0, 0.1) is 12.8 Å². The first-order valence-electron chi connectivity index (χ1n) is 10.5. The van der Waals surface area contributed by atoms with E-state index in [1.807, 2.05) is 49.4 Å². The van der Waals surface area contributed by atoms with Crippen LogP contribution in [-0.4, -0.2) is 39.2 Å². The third-order valence-corrected chi connectivity index (χ3v) is 5.64. The van der Waals surface area contributed by atoms with Crippen molar-refractivity contribution in [2.45, 2.75) is 19.8 Å². The molecule has 4 aromatic rings. The van der Waals surface area contributed by atoms with Crippen molar-refractivity contribution in [3.8, 4) is 28.3 Å². The molecule has 4 heterocycles. The van der Waals surface area contributed by atoms with Crippen LogP contribution < -0.4 is 10.1 Å². The minimum absolute atomic E-state index is 0.0569. The number of pyridine rings is 2. The van der Waals surface area contributed by atoms with E-state index in [-0.39, 0.29) is 11.9 Å². The van der Waals surface area contributed by atoms with Gasteiger partial charge in [0.25, 0.3) is 0 Å². The fourth-order valence-electron chi connectivity index (χ4n) is 3.97. The Bertz CT molecular complexity index is 1240. The number of carbonyl (C=O) groups is 1. The summed E-state index contributed by atoms with van der Waals surface area (Å²) in [6.07, 6.45) is 5.02. The summed E-state index contributed by atoms with van der Waals surface area (Å²) in [4.78, 5) is 21.6. The van der Waals surface area contributed by atoms with Gasteiger partial charge < -0.3 is 10.1 Å². The number of fused-ring (bicyclic) bond motifs is 1. The number of ether oxygens (including phenoxy) is 1. The van der Waals surface area contributed by atoms with Crippen molar-refractivity contribution in [1.82, 2.24) is 25.5 Å². The van der Waals surface area contributed by atoms with Crippen molar-refractivity contribution in [3.05, 3.63) is 60.6 Å². The normalized spacial score (nSPS) is 14.6. The van der Waals surface area contributed by atoms with Crippen LogP contribution >= 0.6 is 0 Å². The topological polar surface area (TPSA) is 92.8 Å². The number of piperidine rings is 1. The summed E-state index contributed by atoms with van der Waals surface area (Å²) < 4.78 is 5.64. The highest BCUT2D eigenvalue weighted by Crippen LogP contribution is 2.32. The molecule has 1 aliphatic heterocycles. The van der Waals surface area contributed by atoms with E-state index in [9.17, 15) is 4.79 Å². The summed E-state index contributed by atoms with van der Waals surface area (Å²) in [7, 11) is 0. The van der Waals surface area contributed by atoms with Gasteiger partial charge in [0.1, 0.15) is 5.75 Å². The minimum atomic E-state index is -0.179. The molecule has 1 aromatic carbocycles. The zero-order valence-corrected chi connectivity index (χ0v) is 17.3. The molecule has 0 radical (unpaired) electrons. The van der Waals surface area contributed by atoms with Crippen LogP contribution in [0.3, 0.4) is 0 Å². The van der Waals surface area contributed by atoms with E-state index < -0.39 is 0 Å². The van der Waals surface area contributed by atoms with Crippen LogP contribution in [0.15, 0.2) is 54.9 Å². The molecule has 0 amide bonds. The number of H-pyrrole nitrogens is 1. The fourth-order valence-corrected chi connectivity index (χ4v) is 3.97. The van der Waals surface area contributed by atoms with Gasteiger partial charge >= 0.3 is 5.97 Å². The number of hydrogen-bond acceptors (Lipinski definition) is 6. The molecular weight excluding hydrogens is 390 g/mol. The van der Waals surface area contributed by atoms with E-state index in [1.165, 1.54) is 0 Å². The maximum absolute atomic E-state index is 12.5. The van der Waals surface area contributed by atoms with E-state index in [0.717, 1.165) is 65.0 Å². The van der Waals surface area contributed by atoms with Gasteiger partial charge in [0.05, 0.1) is 35.2 Å². The lowest BCUT2D eigenvalue weighted by molar-refractivity contribution is -0.139. The number of carbonyl (C=O) groups excluding carboxylic acids is 1. The van der Waals surface area contributed by atoms with Crippen LogP contribution in [0.2, 0.25) is 0 Å². The molecule has 7 heteroatoms. The molecule has 0 aliphatic carbocycles. The molecule has 5 rings (SSSR count). The van der Waals surface area contributed by atoms with Gasteiger partial charge in [0.15, 0.2) is 0 Å². The van der Waals surface area contributed by atoms with Gasteiger partial charge in [-0.3, -0.25) is 19.9 Å². The highest BCUT2D eigenvalue weighted by molar-refractivity contribution is 5.89. The quantitative estimate of drug-likeness (QED) is 0.493. The molecule has 0 bridgehead atoms. The SMILES string of the molecule is Cc1cccc(-c2[nH]ncc2-c2ccc3ncc(OC(=O)C4CCNCC4)cc3c2)n1. The van der Waals surface area contributed by atoms with Gasteiger partial charge in [-0.1, -0.05) is 12.1 Å². The molecule has 1 aliphatic rings. The minimum Gasteiger partial charge on any atom is -0.425 e. The Morgan fingerprint density at radius 3 is 2.81 bits per heavy atom. The number of aryl methyl sites for hydroxylation is 1. The van der Waals surface area contributed by atoms with Crippen LogP contribution in [0.1, 0.15) is 18.5 Å². The Labute approximate surface area is 179 Å². The number of aromatic amines is 1. The maximum atomic E-state index is 12.5. The van der Waals surface area contributed by atoms with Crippen LogP contribution in [0.5, 0.6) is 5.75 Å². The molecule has 0 saturated carbocycles. The molecule has 2 N–H and O–H groups in total. The first kappa shape index (κ1) is 19.4. The van der Waals surface area contributed by atoms with Crippen LogP contribution in [0.25, 0.3) is 33.4 Å². The second-order valence-corrected chi connectivity index (χ2v) is 7.85. The van der Waals surface area contributed by atoms with Crippen LogP contribution in [0.4, 0.5) is 0 Å². The molecule has 31 heavy (non-hydrogen) atoms. The summed E-state index contributed by atoms with van der Waals surface area (Å²) in [5.74, 6) is 0.237. The number of rotatable bonds is 4. The fraction of sp³-hybridized carbons (Fsp3) is 0.250. The Kier molecular flexibility index (Phi) is 5.18. The standard InChI is InChI=1S/C24H23N5O2/c1-15-3-2-4-22(28-15)23-20(14-27-29-23)17-5-6-21-18(11-17)12-19(13-26-21)31-24(30)16-7-9-25-10-8-16/h2-6,11-14,16,25H,7-10H2,1H3,(H,27,29). The average molecular weight is 413 g/mol. The first-order chi connectivity index (χ1) is 15.2. The number of esters is 1. The summed E-state index contributed by atoms with van der Waals surface area (Å²) >= 11 is 0. The second kappa shape index (κ2) is 8.28. The maximum Gasteiger partial charge on any atom is 0.314 e. The predicted molar refractivity (Wildman–Crippen MR) is 119 cm³/mol. The summed E-state index contributed by atoms with van der Waals surface area (Å²) in [5, 5.41) is 11.5. The highest BCUT2D eigenvalue weighted by Gasteiger charge is 2.23. The van der Waals surface area contributed by atoms with Crippen molar-refractivity contribution in [2.75, 3.05) is 13.1 Å². The monoisotopic (exact) mass is 413 g/mol. The second-order valence-electron chi connectivity index (χ2n) is 7.85. The number of hydrogen-bond donors (Lipinski definition) is 2. The molecule has 1 fully saturated rings. The third-order valence-electron chi connectivity index (χ3n) is 5.64. The molecule has 156 valence electrons. The third kappa shape index (κ3) is 4.04. The Balaban J connectivity index is 1.45. The zero-order valence-electron chi connectivity index (χ0n) is 17.3. The lowest BCUT2D eigenvalue weighted by Gasteiger charge is -2.20. The lowest BCUT2D eigenvalue weighted by Crippen LogP contribution is -2.33. The van der Waals surface area contributed by atoms with Crippen molar-refractivity contribution >= 4 is 16.9 Å². The zero-order chi connectivity index (χ0) is 21.2. The number of nitrogens with one attached hydrogen (secondary N) is 2. The van der Waals surface area contributed by atoms with Crippen molar-refractivity contribution in [2.24, 2.45) is 5.92 Å².